The van der Waals surface area contributed by atoms with Crippen LogP contribution >= 0.6 is 0 Å². The van der Waals surface area contributed by atoms with Crippen LogP contribution in [0, 0.1) is 5.82 Å². The van der Waals surface area contributed by atoms with E-state index in [4.69, 9.17) is 9.15 Å². The molecule has 1 aliphatic heterocycles. The Balaban J connectivity index is 1.35. The van der Waals surface area contributed by atoms with Gasteiger partial charge in [-0.25, -0.2) is 4.39 Å². The molecular weight excluding hydrogens is 421 g/mol. The van der Waals surface area contributed by atoms with Gasteiger partial charge in [-0.3, -0.25) is 14.6 Å². The molecule has 6 nitrogen and oxygen atoms in total. The summed E-state index contributed by atoms with van der Waals surface area (Å²) in [5.74, 6) is 0.575. The summed E-state index contributed by atoms with van der Waals surface area (Å²) in [5.41, 5.74) is 2.19. The summed E-state index contributed by atoms with van der Waals surface area (Å²) in [4.78, 5) is 17.0. The van der Waals surface area contributed by atoms with Crippen molar-refractivity contribution < 1.29 is 18.3 Å². The molecule has 0 saturated carbocycles. The largest absolute Gasteiger partial charge is 0.455 e. The number of benzene rings is 2. The molecule has 0 radical (unpaired) electrons. The van der Waals surface area contributed by atoms with E-state index in [1.54, 1.807) is 18.2 Å². The van der Waals surface area contributed by atoms with Gasteiger partial charge in [0.25, 0.3) is 5.91 Å². The number of hydrogen-bond donors (Lipinski definition) is 1. The maximum Gasteiger partial charge on any atom is 0.287 e. The summed E-state index contributed by atoms with van der Waals surface area (Å²) in [7, 11) is 0. The zero-order chi connectivity index (χ0) is 22.9. The first-order valence-corrected chi connectivity index (χ1v) is 11.3. The predicted molar refractivity (Wildman–Crippen MR) is 124 cm³/mol. The van der Waals surface area contributed by atoms with Crippen molar-refractivity contribution in [3.63, 3.8) is 0 Å². The number of furan rings is 1. The molecule has 1 aromatic heterocycles. The second-order valence-electron chi connectivity index (χ2n) is 8.23. The highest BCUT2D eigenvalue weighted by Crippen LogP contribution is 2.17. The highest BCUT2D eigenvalue weighted by Gasteiger charge is 2.16. The van der Waals surface area contributed by atoms with Crippen molar-refractivity contribution in [3.05, 3.63) is 95.2 Å². The molecule has 2 heterocycles. The average Bonchev–Trinajstić information content (AvgIpc) is 3.30. The second-order valence-corrected chi connectivity index (χ2v) is 8.23. The lowest BCUT2D eigenvalue weighted by molar-refractivity contribution is 0.0382. The lowest BCUT2D eigenvalue weighted by atomic mass is 10.1. The zero-order valence-corrected chi connectivity index (χ0v) is 18.7. The number of nitrogens with one attached hydrogen (secondary N) is 1. The Bertz CT molecular complexity index is 1000. The van der Waals surface area contributed by atoms with Crippen LogP contribution in [0.3, 0.4) is 0 Å². The molecule has 1 fully saturated rings. The topological polar surface area (TPSA) is 58.0 Å². The second kappa shape index (κ2) is 11.7. The first-order valence-electron chi connectivity index (χ1n) is 11.3. The molecule has 3 aromatic rings. The summed E-state index contributed by atoms with van der Waals surface area (Å²) in [6.45, 7) is 6.52. The third-order valence-electron chi connectivity index (χ3n) is 5.65. The standard InChI is InChI=1S/C26H30FN3O3/c27-23-8-6-22(7-9-23)19-30(18-21-4-2-1-3-5-21)20-24-10-11-25(33-24)26(31)28-12-13-29-14-16-32-17-15-29/h1-11H,12-20H2,(H,28,31). The van der Waals surface area contributed by atoms with Crippen LogP contribution in [0.5, 0.6) is 0 Å². The normalized spacial score (nSPS) is 14.5. The van der Waals surface area contributed by atoms with E-state index in [9.17, 15) is 9.18 Å². The summed E-state index contributed by atoms with van der Waals surface area (Å²) < 4.78 is 24.5. The fourth-order valence-electron chi connectivity index (χ4n) is 3.90. The van der Waals surface area contributed by atoms with E-state index in [0.29, 0.717) is 37.7 Å². The van der Waals surface area contributed by atoms with Crippen LogP contribution in [-0.4, -0.2) is 55.1 Å². The van der Waals surface area contributed by atoms with Crippen LogP contribution in [0.1, 0.15) is 27.4 Å². The zero-order valence-electron chi connectivity index (χ0n) is 18.7. The Morgan fingerprint density at radius 1 is 0.909 bits per heavy atom. The number of hydrogen-bond acceptors (Lipinski definition) is 5. The maximum atomic E-state index is 13.3. The third-order valence-corrected chi connectivity index (χ3v) is 5.65. The summed E-state index contributed by atoms with van der Waals surface area (Å²) >= 11 is 0. The molecule has 0 aliphatic carbocycles. The minimum atomic E-state index is -0.247. The van der Waals surface area contributed by atoms with Gasteiger partial charge in [-0.1, -0.05) is 42.5 Å². The van der Waals surface area contributed by atoms with Gasteiger partial charge in [-0.05, 0) is 35.4 Å². The molecule has 1 N–H and O–H groups in total. The maximum absolute atomic E-state index is 13.3. The van der Waals surface area contributed by atoms with Gasteiger partial charge < -0.3 is 14.5 Å². The van der Waals surface area contributed by atoms with E-state index in [1.165, 1.54) is 17.7 Å². The number of morpholine rings is 1. The van der Waals surface area contributed by atoms with Crippen molar-refractivity contribution in [2.75, 3.05) is 39.4 Å². The number of nitrogens with zero attached hydrogens (tertiary/aromatic N) is 2. The van der Waals surface area contributed by atoms with Gasteiger partial charge in [-0.2, -0.15) is 0 Å². The fourth-order valence-corrected chi connectivity index (χ4v) is 3.90. The highest BCUT2D eigenvalue weighted by molar-refractivity contribution is 5.91. The Morgan fingerprint density at radius 2 is 1.61 bits per heavy atom. The lowest BCUT2D eigenvalue weighted by Gasteiger charge is -2.26. The molecule has 0 bridgehead atoms. The quantitative estimate of drug-likeness (QED) is 0.510. The number of ether oxygens (including phenoxy) is 1. The number of carbonyl (C=O) groups excluding carboxylic acids is 1. The minimum absolute atomic E-state index is 0.206. The summed E-state index contributed by atoms with van der Waals surface area (Å²) in [6.07, 6.45) is 0. The van der Waals surface area contributed by atoms with Crippen molar-refractivity contribution in [2.24, 2.45) is 0 Å². The number of rotatable bonds is 10. The average molecular weight is 452 g/mol. The van der Waals surface area contributed by atoms with Gasteiger partial charge >= 0.3 is 0 Å². The third kappa shape index (κ3) is 7.25. The first-order chi connectivity index (χ1) is 16.2. The summed E-state index contributed by atoms with van der Waals surface area (Å²) in [6, 6.07) is 20.3. The van der Waals surface area contributed by atoms with Gasteiger partial charge in [0.2, 0.25) is 0 Å². The first kappa shape index (κ1) is 23.2. The van der Waals surface area contributed by atoms with Crippen LogP contribution in [0.2, 0.25) is 0 Å². The van der Waals surface area contributed by atoms with Crippen molar-refractivity contribution in [1.82, 2.24) is 15.1 Å². The molecule has 2 aromatic carbocycles. The Kier molecular flexibility index (Phi) is 8.24. The Morgan fingerprint density at radius 3 is 2.33 bits per heavy atom. The molecule has 1 amide bonds. The van der Waals surface area contributed by atoms with E-state index in [1.807, 2.05) is 24.3 Å². The lowest BCUT2D eigenvalue weighted by Crippen LogP contribution is -2.41. The molecule has 4 rings (SSSR count). The smallest absolute Gasteiger partial charge is 0.287 e. The Labute approximate surface area is 193 Å². The molecule has 174 valence electrons. The number of amides is 1. The van der Waals surface area contributed by atoms with Gasteiger partial charge in [0.1, 0.15) is 11.6 Å². The van der Waals surface area contributed by atoms with Crippen LogP contribution < -0.4 is 5.32 Å². The van der Waals surface area contributed by atoms with Crippen LogP contribution in [0.25, 0.3) is 0 Å². The summed E-state index contributed by atoms with van der Waals surface area (Å²) in [5, 5.41) is 2.93. The van der Waals surface area contributed by atoms with E-state index in [2.05, 4.69) is 27.2 Å². The molecule has 0 spiro atoms. The molecule has 0 atom stereocenters. The van der Waals surface area contributed by atoms with Crippen molar-refractivity contribution in [2.45, 2.75) is 19.6 Å². The van der Waals surface area contributed by atoms with Crippen LogP contribution in [0.15, 0.2) is 71.1 Å². The minimum Gasteiger partial charge on any atom is -0.455 e. The predicted octanol–water partition coefficient (Wildman–Crippen LogP) is 3.68. The van der Waals surface area contributed by atoms with Gasteiger partial charge in [0.15, 0.2) is 5.76 Å². The van der Waals surface area contributed by atoms with Gasteiger partial charge in [0, 0.05) is 39.3 Å². The molecule has 1 saturated heterocycles. The van der Waals surface area contributed by atoms with Crippen molar-refractivity contribution in [1.29, 1.82) is 0 Å². The van der Waals surface area contributed by atoms with Gasteiger partial charge in [0.05, 0.1) is 19.8 Å². The van der Waals surface area contributed by atoms with E-state index >= 15 is 0 Å². The highest BCUT2D eigenvalue weighted by atomic mass is 19.1. The monoisotopic (exact) mass is 451 g/mol. The van der Waals surface area contributed by atoms with E-state index in [0.717, 1.165) is 38.4 Å². The fraction of sp³-hybridized carbons (Fsp3) is 0.346. The van der Waals surface area contributed by atoms with Crippen molar-refractivity contribution >= 4 is 5.91 Å². The number of halogens is 1. The molecular formula is C26H30FN3O3. The van der Waals surface area contributed by atoms with Crippen molar-refractivity contribution in [3.8, 4) is 0 Å². The SMILES string of the molecule is O=C(NCCN1CCOCC1)c1ccc(CN(Cc2ccccc2)Cc2ccc(F)cc2)o1. The molecule has 1 aliphatic rings. The van der Waals surface area contributed by atoms with Crippen LogP contribution in [0.4, 0.5) is 4.39 Å². The van der Waals surface area contributed by atoms with E-state index < -0.39 is 0 Å². The molecule has 0 unspecified atom stereocenters. The van der Waals surface area contributed by atoms with Gasteiger partial charge in [-0.15, -0.1) is 0 Å². The number of carbonyl (C=O) groups is 1. The van der Waals surface area contributed by atoms with E-state index in [-0.39, 0.29) is 11.7 Å². The van der Waals surface area contributed by atoms with Crippen LogP contribution in [-0.2, 0) is 24.4 Å². The molecule has 33 heavy (non-hydrogen) atoms. The Hall–Kier alpha value is -3.00. The molecule has 7 heteroatoms.